The quantitative estimate of drug-likeness (QED) is 0.864. The van der Waals surface area contributed by atoms with Crippen LogP contribution in [0.3, 0.4) is 0 Å². The molecular formula is C17H27NOS. The summed E-state index contributed by atoms with van der Waals surface area (Å²) < 4.78 is 5.50. The Labute approximate surface area is 127 Å². The van der Waals surface area contributed by atoms with E-state index >= 15 is 0 Å². The predicted molar refractivity (Wildman–Crippen MR) is 87.8 cm³/mol. The van der Waals surface area contributed by atoms with Gasteiger partial charge in [-0.05, 0) is 31.5 Å². The molecule has 3 heteroatoms. The third kappa shape index (κ3) is 4.42. The third-order valence-electron chi connectivity index (χ3n) is 4.02. The van der Waals surface area contributed by atoms with Gasteiger partial charge in [-0.3, -0.25) is 0 Å². The maximum Gasteiger partial charge on any atom is 0.132 e. The van der Waals surface area contributed by atoms with Gasteiger partial charge < -0.3 is 10.1 Å². The van der Waals surface area contributed by atoms with E-state index in [-0.39, 0.29) is 0 Å². The van der Waals surface area contributed by atoms with Crippen molar-refractivity contribution >= 4 is 11.8 Å². The third-order valence-corrected chi connectivity index (χ3v) is 5.47. The van der Waals surface area contributed by atoms with Crippen molar-refractivity contribution in [3.63, 3.8) is 0 Å². The van der Waals surface area contributed by atoms with Gasteiger partial charge in [-0.15, -0.1) is 11.8 Å². The summed E-state index contributed by atoms with van der Waals surface area (Å²) in [6.07, 6.45) is 8.12. The number of hydrogen-bond acceptors (Lipinski definition) is 3. The molecule has 0 bridgehead atoms. The molecule has 0 saturated heterocycles. The second-order valence-electron chi connectivity index (χ2n) is 5.46. The lowest BCUT2D eigenvalue weighted by Gasteiger charge is -2.30. The molecule has 0 spiro atoms. The summed E-state index contributed by atoms with van der Waals surface area (Å²) >= 11 is 2.00. The highest BCUT2D eigenvalue weighted by Crippen LogP contribution is 2.37. The standard InChI is InChI=1S/C17H27NOS/c1-3-18-14-10-6-4-5-7-12-16(14)20-17-13-9-8-11-15(17)19-2/h8-9,11,13-14,16,18H,3-7,10,12H2,1-2H3. The molecule has 1 aromatic carbocycles. The lowest BCUT2D eigenvalue weighted by Crippen LogP contribution is -2.38. The van der Waals surface area contributed by atoms with Crippen LogP contribution in [-0.2, 0) is 0 Å². The molecule has 1 aliphatic rings. The van der Waals surface area contributed by atoms with Crippen LogP contribution >= 0.6 is 11.8 Å². The topological polar surface area (TPSA) is 21.3 Å². The Morgan fingerprint density at radius 2 is 1.90 bits per heavy atom. The number of nitrogens with one attached hydrogen (secondary N) is 1. The Kier molecular flexibility index (Phi) is 6.74. The van der Waals surface area contributed by atoms with Gasteiger partial charge in [-0.2, -0.15) is 0 Å². The fourth-order valence-corrected chi connectivity index (χ4v) is 4.40. The number of benzene rings is 1. The maximum atomic E-state index is 5.50. The van der Waals surface area contributed by atoms with E-state index in [9.17, 15) is 0 Å². The van der Waals surface area contributed by atoms with Gasteiger partial charge in [0.05, 0.1) is 7.11 Å². The van der Waals surface area contributed by atoms with Crippen LogP contribution in [0.15, 0.2) is 29.2 Å². The average molecular weight is 293 g/mol. The summed E-state index contributed by atoms with van der Waals surface area (Å²) in [6, 6.07) is 9.03. The highest BCUT2D eigenvalue weighted by atomic mass is 32.2. The summed E-state index contributed by atoms with van der Waals surface area (Å²) in [4.78, 5) is 1.28. The van der Waals surface area contributed by atoms with Crippen LogP contribution in [-0.4, -0.2) is 24.9 Å². The molecular weight excluding hydrogens is 266 g/mol. The first-order chi connectivity index (χ1) is 9.85. The summed E-state index contributed by atoms with van der Waals surface area (Å²) in [5.74, 6) is 1.01. The van der Waals surface area contributed by atoms with E-state index in [2.05, 4.69) is 30.4 Å². The van der Waals surface area contributed by atoms with E-state index in [0.717, 1.165) is 12.3 Å². The van der Waals surface area contributed by atoms with Crippen LogP contribution in [0.1, 0.15) is 45.4 Å². The fourth-order valence-electron chi connectivity index (χ4n) is 2.97. The number of hydrogen-bond donors (Lipinski definition) is 1. The average Bonchev–Trinajstić information content (AvgIpc) is 2.46. The zero-order chi connectivity index (χ0) is 14.2. The Bertz CT molecular complexity index is 396. The van der Waals surface area contributed by atoms with Crippen molar-refractivity contribution in [1.82, 2.24) is 5.32 Å². The van der Waals surface area contributed by atoms with E-state index < -0.39 is 0 Å². The highest BCUT2D eigenvalue weighted by molar-refractivity contribution is 8.00. The van der Waals surface area contributed by atoms with E-state index in [4.69, 9.17) is 4.74 Å². The molecule has 0 aliphatic heterocycles. The number of rotatable bonds is 5. The van der Waals surface area contributed by atoms with Crippen molar-refractivity contribution < 1.29 is 4.74 Å². The molecule has 1 aliphatic carbocycles. The number of thioether (sulfide) groups is 1. The van der Waals surface area contributed by atoms with E-state index in [1.807, 2.05) is 17.8 Å². The molecule has 20 heavy (non-hydrogen) atoms. The molecule has 1 saturated carbocycles. The molecule has 1 N–H and O–H groups in total. The second kappa shape index (κ2) is 8.58. The minimum absolute atomic E-state index is 0.634. The largest absolute Gasteiger partial charge is 0.496 e. The minimum Gasteiger partial charge on any atom is -0.496 e. The monoisotopic (exact) mass is 293 g/mol. The van der Waals surface area contributed by atoms with Gasteiger partial charge in [0.15, 0.2) is 0 Å². The van der Waals surface area contributed by atoms with Gasteiger partial charge in [0.1, 0.15) is 5.75 Å². The van der Waals surface area contributed by atoms with Gasteiger partial charge in [0.25, 0.3) is 0 Å². The predicted octanol–water partition coefficient (Wildman–Crippen LogP) is 4.49. The van der Waals surface area contributed by atoms with Crippen molar-refractivity contribution in [3.05, 3.63) is 24.3 Å². The molecule has 0 aromatic heterocycles. The lowest BCUT2D eigenvalue weighted by molar-refractivity contribution is 0.399. The first-order valence-corrected chi connectivity index (χ1v) is 8.76. The molecule has 0 amide bonds. The molecule has 2 unspecified atom stereocenters. The molecule has 1 aromatic rings. The number of methoxy groups -OCH3 is 1. The van der Waals surface area contributed by atoms with Gasteiger partial charge in [-0.1, -0.05) is 44.7 Å². The molecule has 1 fully saturated rings. The van der Waals surface area contributed by atoms with Crippen LogP contribution in [0, 0.1) is 0 Å². The molecule has 2 atom stereocenters. The number of para-hydroxylation sites is 1. The van der Waals surface area contributed by atoms with Crippen molar-refractivity contribution in [2.45, 2.75) is 61.6 Å². The lowest BCUT2D eigenvalue weighted by atomic mass is 9.96. The molecule has 2 rings (SSSR count). The molecule has 112 valence electrons. The van der Waals surface area contributed by atoms with Crippen LogP contribution in [0.4, 0.5) is 0 Å². The smallest absolute Gasteiger partial charge is 0.132 e. The highest BCUT2D eigenvalue weighted by Gasteiger charge is 2.23. The molecule has 0 radical (unpaired) electrons. The maximum absolute atomic E-state index is 5.50. The Balaban J connectivity index is 2.09. The van der Waals surface area contributed by atoms with Crippen LogP contribution in [0.25, 0.3) is 0 Å². The molecule has 2 nitrogen and oxygen atoms in total. The van der Waals surface area contributed by atoms with Crippen molar-refractivity contribution in [2.24, 2.45) is 0 Å². The van der Waals surface area contributed by atoms with E-state index in [1.165, 1.54) is 43.4 Å². The zero-order valence-electron chi connectivity index (χ0n) is 12.7. The summed E-state index contributed by atoms with van der Waals surface area (Å²) in [6.45, 7) is 3.28. The van der Waals surface area contributed by atoms with Gasteiger partial charge >= 0.3 is 0 Å². The SMILES string of the molecule is CCNC1CCCCCCC1Sc1ccccc1OC. The Morgan fingerprint density at radius 1 is 1.15 bits per heavy atom. The van der Waals surface area contributed by atoms with E-state index in [0.29, 0.717) is 11.3 Å². The Hall–Kier alpha value is -0.670. The molecule has 0 heterocycles. The van der Waals surface area contributed by atoms with Gasteiger partial charge in [-0.25, -0.2) is 0 Å². The fraction of sp³-hybridized carbons (Fsp3) is 0.647. The van der Waals surface area contributed by atoms with Crippen LogP contribution < -0.4 is 10.1 Å². The second-order valence-corrected chi connectivity index (χ2v) is 6.74. The van der Waals surface area contributed by atoms with E-state index in [1.54, 1.807) is 7.11 Å². The first-order valence-electron chi connectivity index (χ1n) is 7.88. The van der Waals surface area contributed by atoms with Crippen molar-refractivity contribution in [1.29, 1.82) is 0 Å². The minimum atomic E-state index is 0.634. The first kappa shape index (κ1) is 15.7. The van der Waals surface area contributed by atoms with Crippen LogP contribution in [0.2, 0.25) is 0 Å². The summed E-state index contributed by atoms with van der Waals surface area (Å²) in [5, 5.41) is 4.36. The van der Waals surface area contributed by atoms with Gasteiger partial charge in [0, 0.05) is 16.2 Å². The normalized spacial score (nSPS) is 23.9. The van der Waals surface area contributed by atoms with Gasteiger partial charge in [0.2, 0.25) is 0 Å². The number of ether oxygens (including phenoxy) is 1. The van der Waals surface area contributed by atoms with Crippen LogP contribution in [0.5, 0.6) is 5.75 Å². The van der Waals surface area contributed by atoms with Crippen molar-refractivity contribution in [2.75, 3.05) is 13.7 Å². The summed E-state index contributed by atoms with van der Waals surface area (Å²) in [7, 11) is 1.76. The summed E-state index contributed by atoms with van der Waals surface area (Å²) in [5.41, 5.74) is 0. The Morgan fingerprint density at radius 3 is 2.65 bits per heavy atom. The zero-order valence-corrected chi connectivity index (χ0v) is 13.5. The van der Waals surface area contributed by atoms with Crippen molar-refractivity contribution in [3.8, 4) is 5.75 Å².